The summed E-state index contributed by atoms with van der Waals surface area (Å²) in [6.45, 7) is 2.09. The van der Waals surface area contributed by atoms with Crippen LogP contribution in [0.2, 0.25) is 0 Å². The number of nitrogens with two attached hydrogens (primary N) is 3. The molecule has 96 valence electrons. The first-order chi connectivity index (χ1) is 8.60. The highest BCUT2D eigenvalue weighted by molar-refractivity contribution is 7.99. The van der Waals surface area contributed by atoms with Gasteiger partial charge in [-0.05, 0) is 23.4 Å². The number of nitrogens with zero attached hydrogens (tertiary/aromatic N) is 2. The fourth-order valence-corrected chi connectivity index (χ4v) is 3.08. The van der Waals surface area contributed by atoms with Crippen molar-refractivity contribution in [2.24, 2.45) is 22.2 Å². The first-order valence-electron chi connectivity index (χ1n) is 5.47. The Kier molecular flexibility index (Phi) is 4.05. The van der Waals surface area contributed by atoms with Crippen LogP contribution in [0.15, 0.2) is 23.2 Å². The largest absolute Gasteiger partial charge is 0.370 e. The lowest BCUT2D eigenvalue weighted by Gasteiger charge is -2.09. The number of rotatable bonds is 4. The highest BCUT2D eigenvalue weighted by Crippen LogP contribution is 2.31. The van der Waals surface area contributed by atoms with Crippen LogP contribution in [0, 0.1) is 0 Å². The SMILES string of the molecule is CCSC(N)c1ccc2sc(N=C(N)N)nc2c1. The predicted molar refractivity (Wildman–Crippen MR) is 80.2 cm³/mol. The molecule has 2 rings (SSSR count). The molecule has 1 atom stereocenters. The number of benzene rings is 1. The molecule has 0 saturated heterocycles. The van der Waals surface area contributed by atoms with E-state index in [1.165, 1.54) is 11.3 Å². The van der Waals surface area contributed by atoms with E-state index in [4.69, 9.17) is 17.2 Å². The zero-order valence-electron chi connectivity index (χ0n) is 9.96. The van der Waals surface area contributed by atoms with E-state index in [2.05, 4.69) is 16.9 Å². The molecule has 1 aromatic heterocycles. The van der Waals surface area contributed by atoms with Gasteiger partial charge in [-0.15, -0.1) is 11.8 Å². The van der Waals surface area contributed by atoms with Crippen molar-refractivity contribution in [1.29, 1.82) is 0 Å². The lowest BCUT2D eigenvalue weighted by molar-refractivity contribution is 1.03. The Hall–Kier alpha value is -1.31. The molecule has 7 heteroatoms. The number of thioether (sulfide) groups is 1. The number of thiazole rings is 1. The molecule has 0 fully saturated rings. The van der Waals surface area contributed by atoms with E-state index >= 15 is 0 Å². The summed E-state index contributed by atoms with van der Waals surface area (Å²) >= 11 is 3.15. The van der Waals surface area contributed by atoms with E-state index in [1.54, 1.807) is 11.8 Å². The van der Waals surface area contributed by atoms with E-state index in [1.807, 2.05) is 18.2 Å². The molecule has 1 unspecified atom stereocenters. The van der Waals surface area contributed by atoms with Gasteiger partial charge in [0.25, 0.3) is 0 Å². The normalized spacial score (nSPS) is 12.6. The molecule has 2 aromatic rings. The van der Waals surface area contributed by atoms with Gasteiger partial charge in [0.15, 0.2) is 5.96 Å². The van der Waals surface area contributed by atoms with Crippen LogP contribution in [0.3, 0.4) is 0 Å². The van der Waals surface area contributed by atoms with E-state index < -0.39 is 0 Å². The summed E-state index contributed by atoms with van der Waals surface area (Å²) < 4.78 is 1.05. The molecule has 1 aromatic carbocycles. The molecule has 0 saturated carbocycles. The van der Waals surface area contributed by atoms with Crippen molar-refractivity contribution in [3.63, 3.8) is 0 Å². The van der Waals surface area contributed by atoms with E-state index in [0.717, 1.165) is 21.5 Å². The van der Waals surface area contributed by atoms with Crippen LogP contribution in [0.5, 0.6) is 0 Å². The molecular formula is C11H15N5S2. The summed E-state index contributed by atoms with van der Waals surface area (Å²) in [5.41, 5.74) is 18.7. The van der Waals surface area contributed by atoms with Crippen molar-refractivity contribution in [2.75, 3.05) is 5.75 Å². The summed E-state index contributed by atoms with van der Waals surface area (Å²) in [4.78, 5) is 8.31. The van der Waals surface area contributed by atoms with Gasteiger partial charge in [-0.2, -0.15) is 4.99 Å². The third kappa shape index (κ3) is 2.92. The maximum absolute atomic E-state index is 6.06. The Morgan fingerprint density at radius 2 is 2.28 bits per heavy atom. The maximum Gasteiger partial charge on any atom is 0.213 e. The van der Waals surface area contributed by atoms with Crippen LogP contribution in [0.4, 0.5) is 5.13 Å². The molecule has 18 heavy (non-hydrogen) atoms. The quantitative estimate of drug-likeness (QED) is 0.451. The Morgan fingerprint density at radius 1 is 1.50 bits per heavy atom. The number of aromatic nitrogens is 1. The van der Waals surface area contributed by atoms with Crippen LogP contribution in [-0.2, 0) is 0 Å². The summed E-state index contributed by atoms with van der Waals surface area (Å²) in [6, 6.07) is 6.02. The molecule has 0 aliphatic rings. The molecule has 0 amide bonds. The van der Waals surface area contributed by atoms with Gasteiger partial charge in [-0.1, -0.05) is 24.3 Å². The van der Waals surface area contributed by atoms with Crippen molar-refractivity contribution in [3.05, 3.63) is 23.8 Å². The van der Waals surface area contributed by atoms with Gasteiger partial charge >= 0.3 is 0 Å². The molecule has 0 bridgehead atoms. The van der Waals surface area contributed by atoms with Crippen LogP contribution in [-0.4, -0.2) is 16.7 Å². The maximum atomic E-state index is 6.06. The second-order valence-electron chi connectivity index (χ2n) is 3.64. The van der Waals surface area contributed by atoms with Crippen LogP contribution in [0.1, 0.15) is 17.9 Å². The van der Waals surface area contributed by atoms with Gasteiger partial charge in [0.05, 0.1) is 15.6 Å². The first kappa shape index (κ1) is 13.1. The predicted octanol–water partition coefficient (Wildman–Crippen LogP) is 1.91. The highest BCUT2D eigenvalue weighted by Gasteiger charge is 2.09. The van der Waals surface area contributed by atoms with E-state index in [0.29, 0.717) is 5.13 Å². The third-order valence-corrected chi connectivity index (χ3v) is 4.19. The summed E-state index contributed by atoms with van der Waals surface area (Å²) in [7, 11) is 0. The topological polar surface area (TPSA) is 103 Å². The lowest BCUT2D eigenvalue weighted by atomic mass is 10.2. The average Bonchev–Trinajstić information content (AvgIpc) is 2.69. The van der Waals surface area contributed by atoms with Gasteiger partial charge in [-0.3, -0.25) is 0 Å². The second-order valence-corrected chi connectivity index (χ2v) is 6.06. The smallest absolute Gasteiger partial charge is 0.213 e. The molecule has 0 aliphatic carbocycles. The molecule has 1 heterocycles. The van der Waals surface area contributed by atoms with Gasteiger partial charge in [-0.25, -0.2) is 4.98 Å². The van der Waals surface area contributed by atoms with Crippen LogP contribution >= 0.6 is 23.1 Å². The molecule has 0 radical (unpaired) electrons. The zero-order chi connectivity index (χ0) is 13.1. The van der Waals surface area contributed by atoms with E-state index in [-0.39, 0.29) is 11.3 Å². The first-order valence-corrected chi connectivity index (χ1v) is 7.34. The number of hydrogen-bond acceptors (Lipinski definition) is 5. The Morgan fingerprint density at radius 3 is 2.94 bits per heavy atom. The Labute approximate surface area is 113 Å². The summed E-state index contributed by atoms with van der Waals surface area (Å²) in [5, 5.41) is 0.548. The monoisotopic (exact) mass is 281 g/mol. The minimum atomic E-state index is -0.0207. The molecular weight excluding hydrogens is 266 g/mol. The molecule has 6 N–H and O–H groups in total. The van der Waals surface area contributed by atoms with Crippen molar-refractivity contribution in [3.8, 4) is 0 Å². The molecule has 5 nitrogen and oxygen atoms in total. The van der Waals surface area contributed by atoms with Crippen molar-refractivity contribution in [2.45, 2.75) is 12.3 Å². The zero-order valence-corrected chi connectivity index (χ0v) is 11.6. The van der Waals surface area contributed by atoms with Crippen LogP contribution < -0.4 is 17.2 Å². The molecule has 0 aliphatic heterocycles. The minimum absolute atomic E-state index is 0.0207. The Balaban J connectivity index is 2.36. The standard InChI is InChI=1S/C11H15N5S2/c1-2-17-9(12)6-3-4-8-7(5-6)15-11(18-8)16-10(13)14/h3-5,9H,2,12H2,1H3,(H4,13,14,15,16). The van der Waals surface area contributed by atoms with Gasteiger partial charge in [0.1, 0.15) is 0 Å². The number of hydrogen-bond donors (Lipinski definition) is 3. The minimum Gasteiger partial charge on any atom is -0.370 e. The van der Waals surface area contributed by atoms with Crippen molar-refractivity contribution in [1.82, 2.24) is 4.98 Å². The van der Waals surface area contributed by atoms with Gasteiger partial charge < -0.3 is 17.2 Å². The van der Waals surface area contributed by atoms with Gasteiger partial charge in [0, 0.05) is 0 Å². The van der Waals surface area contributed by atoms with E-state index in [9.17, 15) is 0 Å². The molecule has 0 spiro atoms. The highest BCUT2D eigenvalue weighted by atomic mass is 32.2. The fourth-order valence-electron chi connectivity index (χ4n) is 1.54. The summed E-state index contributed by atoms with van der Waals surface area (Å²) in [5.74, 6) is 1.00. The van der Waals surface area contributed by atoms with Crippen molar-refractivity contribution < 1.29 is 0 Å². The lowest BCUT2D eigenvalue weighted by Crippen LogP contribution is -2.21. The Bertz CT molecular complexity index is 574. The van der Waals surface area contributed by atoms with Gasteiger partial charge in [0.2, 0.25) is 5.13 Å². The second kappa shape index (κ2) is 5.55. The average molecular weight is 281 g/mol. The van der Waals surface area contributed by atoms with Crippen LogP contribution in [0.25, 0.3) is 10.2 Å². The number of fused-ring (bicyclic) bond motifs is 1. The van der Waals surface area contributed by atoms with Crippen molar-refractivity contribution >= 4 is 44.4 Å². The fraction of sp³-hybridized carbons (Fsp3) is 0.273. The number of aliphatic imine (C=N–C) groups is 1. The third-order valence-electron chi connectivity index (χ3n) is 2.30. The summed E-state index contributed by atoms with van der Waals surface area (Å²) in [6.07, 6.45) is 0. The number of guanidine groups is 1.